The number of carbonyl (C=O) groups is 6. The Bertz CT molecular complexity index is 6340. The molecule has 0 atom stereocenters. The minimum Gasteiger partial charge on any atom is -0.491 e. The van der Waals surface area contributed by atoms with Gasteiger partial charge in [-0.2, -0.15) is 52.7 Å². The first-order valence-electron chi connectivity index (χ1n) is 46.8. The van der Waals surface area contributed by atoms with Gasteiger partial charge in [-0.15, -0.1) is 0 Å². The second-order valence-electron chi connectivity index (χ2n) is 38.3. The molecule has 0 bridgehead atoms. The summed E-state index contributed by atoms with van der Waals surface area (Å²) in [5.41, 5.74) is 2.34. The summed E-state index contributed by atoms with van der Waals surface area (Å²) in [6, 6.07) is 42.3. The first kappa shape index (κ1) is 105. The van der Waals surface area contributed by atoms with Crippen molar-refractivity contribution in [3.63, 3.8) is 0 Å². The number of halogens is 12. The van der Waals surface area contributed by atoms with E-state index in [1.165, 1.54) is 54.7 Å². The molecule has 0 unspecified atom stereocenters. The van der Waals surface area contributed by atoms with Crippen LogP contribution in [0.3, 0.4) is 0 Å². The highest BCUT2D eigenvalue weighted by Gasteiger charge is 2.54. The number of aliphatic hydroxyl groups excluding tert-OH is 1. The van der Waals surface area contributed by atoms with Gasteiger partial charge in [-0.3, -0.25) is 48.4 Å². The third-order valence-electron chi connectivity index (χ3n) is 29.2. The van der Waals surface area contributed by atoms with E-state index in [9.17, 15) is 103 Å². The summed E-state index contributed by atoms with van der Waals surface area (Å²) in [6.07, 6.45) is -13.4. The molecule has 4 saturated heterocycles. The van der Waals surface area contributed by atoms with Crippen molar-refractivity contribution in [3.8, 4) is 17.2 Å². The lowest BCUT2D eigenvalue weighted by molar-refractivity contribution is -0.145. The van der Waals surface area contributed by atoms with E-state index >= 15 is 0 Å². The van der Waals surface area contributed by atoms with E-state index in [0.717, 1.165) is 29.4 Å². The molecule has 4 aromatic heterocycles. The quantitative estimate of drug-likeness (QED) is 0.0697. The van der Waals surface area contributed by atoms with Gasteiger partial charge >= 0.3 is 24.7 Å². The summed E-state index contributed by atoms with van der Waals surface area (Å²) in [6.45, 7) is 21.1. The van der Waals surface area contributed by atoms with Crippen molar-refractivity contribution < 1.29 is 114 Å². The van der Waals surface area contributed by atoms with Gasteiger partial charge in [-0.25, -0.2) is 16.8 Å². The number of ketones is 2. The number of nitrogens with zero attached hydrogens (tertiary/aromatic N) is 12. The number of Topliss-reactive ketones (excluding diaryl/α,β-unsaturated/α-hetero) is 2. The zero-order valence-corrected chi connectivity index (χ0v) is 81.8. The summed E-state index contributed by atoms with van der Waals surface area (Å²) in [4.78, 5) is 92.5. The Hall–Kier alpha value is -11.1. The lowest BCUT2D eigenvalue weighted by Gasteiger charge is -2.52. The van der Waals surface area contributed by atoms with Crippen LogP contribution in [0.2, 0.25) is 0 Å². The molecule has 0 saturated carbocycles. The molecule has 1 N–H and O–H groups in total. The van der Waals surface area contributed by atoms with Crippen molar-refractivity contribution in [2.45, 2.75) is 207 Å². The van der Waals surface area contributed by atoms with Crippen molar-refractivity contribution in [2.75, 3.05) is 119 Å². The molecule has 758 valence electrons. The number of likely N-dealkylation sites (N-methyl/N-ethyl adjacent to an activating group) is 3. The SMILES string of the molecule is CC(C)c1ccc(C(=O)N2CCC3(CC2)c2ccc(C(=O)C(F)(F)F)n2CCN3C)cc1S(C)(=O)=O.CN1CCn2c(C(F)(F)F)ccc2C12CCN(C(=O)c1ccc(Oc3ccccc3)cc1)CC2.Cc1cc(C(=O)N2CCC3(CC2)c2ccc(C(F)(F)F)n2CCN3CCO)ccc1OC(C)C.Cc1cc(S(=O)(=O)C(C)C)ccc1C(=O)N1CCC2(CC1)c1ccc(C(=O)C(F)(F)F)n1CCN2C.[HH]. The molecule has 17 rings (SSSR count). The number of β-amino-alcohol motifs (C(OH)–C–C–N with tert-alkyl or cyclic N) is 1. The molecule has 25 nitrogen and oxygen atoms in total. The first-order valence-corrected chi connectivity index (χ1v) is 50.3. The van der Waals surface area contributed by atoms with Crippen molar-refractivity contribution >= 4 is 54.9 Å². The van der Waals surface area contributed by atoms with Gasteiger partial charge in [0.1, 0.15) is 28.6 Å². The number of ether oxygens (including phenoxy) is 2. The molecule has 4 fully saturated rings. The number of likely N-dealkylation sites (tertiary alicyclic amines) is 4. The molecule has 140 heavy (non-hydrogen) atoms. The Morgan fingerprint density at radius 1 is 0.414 bits per heavy atom. The number of fused-ring (bicyclic) bond motifs is 8. The number of aryl methyl sites for hydroxylation is 2. The summed E-state index contributed by atoms with van der Waals surface area (Å²) in [5, 5.41) is 9.03. The van der Waals surface area contributed by atoms with Gasteiger partial charge in [0.15, 0.2) is 19.7 Å². The van der Waals surface area contributed by atoms with Crippen LogP contribution in [0.5, 0.6) is 17.2 Å². The van der Waals surface area contributed by atoms with Gasteiger partial charge < -0.3 is 52.4 Å². The number of para-hydroxylation sites is 1. The molecular formula is C101H120F12N12O13S2. The maximum atomic E-state index is 13.6. The Morgan fingerprint density at radius 2 is 0.800 bits per heavy atom. The predicted octanol–water partition coefficient (Wildman–Crippen LogP) is 17.3. The standard InChI is InChI=1S/C26H26F3N3O2.2C25H30F3N3O4S.C25H32F3N3O3.H2/c1-30-17-18-32-22(11-12-23(32)26(27,28)29)25(30)13-15-31(16-14-25)24(33)19-7-9-21(10-8-19)34-20-5-3-2-4-6-20;1-16(2)18-6-5-17(15-20(18)36(4,34)35)23(33)30-11-9-24(10-12-30)21-8-7-19(22(32)25(26,27)28)31(21)14-13-29(24)3;1-16(2)36(34,35)18-5-6-19(17(3)15-18)23(33)30-11-9-24(10-12-30)21-8-7-20(22(32)25(26,27)28)31(21)14-13-29(24)4;1-17(2)34-20-5-4-19(16-18(20)3)23(33)29-10-8-24(9-11-29)21-6-7-22(25(26,27)28)31(21)13-12-30(24)14-15-32;/h2-12H,13-18H2,1H3;2*5-8,15-16H,9-14H2,1-4H3;4-7,16-17,32H,8-15H2,1-3H3;1H. The van der Waals surface area contributed by atoms with E-state index in [1.54, 1.807) is 113 Å². The van der Waals surface area contributed by atoms with E-state index in [1.807, 2.05) is 98.2 Å². The maximum absolute atomic E-state index is 13.6. The minimum atomic E-state index is -4.95. The number of alkyl halides is 12. The zero-order valence-electron chi connectivity index (χ0n) is 80.2. The Balaban J connectivity index is 0.000000158. The predicted molar refractivity (Wildman–Crippen MR) is 501 cm³/mol. The van der Waals surface area contributed by atoms with E-state index in [2.05, 4.69) is 19.6 Å². The molecule has 12 heterocycles. The summed E-state index contributed by atoms with van der Waals surface area (Å²) in [7, 11) is -1.21. The van der Waals surface area contributed by atoms with E-state index in [0.29, 0.717) is 199 Å². The molecule has 0 radical (unpaired) electrons. The fourth-order valence-corrected chi connectivity index (χ4v) is 23.7. The highest BCUT2D eigenvalue weighted by molar-refractivity contribution is 7.92. The largest absolute Gasteiger partial charge is 0.491 e. The van der Waals surface area contributed by atoms with Gasteiger partial charge in [0.2, 0.25) is 0 Å². The topological polar surface area (TPSA) is 255 Å². The lowest BCUT2D eigenvalue weighted by Crippen LogP contribution is -2.58. The van der Waals surface area contributed by atoms with E-state index in [4.69, 9.17) is 9.47 Å². The van der Waals surface area contributed by atoms with Gasteiger partial charge in [0.05, 0.1) is 61.3 Å². The maximum Gasteiger partial charge on any atom is 0.456 e. The number of hydrogen-bond donors (Lipinski definition) is 1. The fourth-order valence-electron chi connectivity index (χ4n) is 21.4. The highest BCUT2D eigenvalue weighted by Crippen LogP contribution is 2.50. The number of piperidine rings is 4. The van der Waals surface area contributed by atoms with E-state index < -0.39 is 94.7 Å². The number of hydrogen-bond acceptors (Lipinski definition) is 17. The van der Waals surface area contributed by atoms with Crippen LogP contribution < -0.4 is 9.47 Å². The van der Waals surface area contributed by atoms with Gasteiger partial charge in [-0.05, 0) is 270 Å². The second kappa shape index (κ2) is 40.4. The summed E-state index contributed by atoms with van der Waals surface area (Å²) in [5.74, 6) is -2.29. The Kier molecular flexibility index (Phi) is 30.2. The number of aromatic nitrogens is 4. The van der Waals surface area contributed by atoms with E-state index in [-0.39, 0.29) is 90.1 Å². The average Bonchev–Trinajstić information content (AvgIpc) is 1.60. The lowest BCUT2D eigenvalue weighted by atomic mass is 9.81. The number of carbonyl (C=O) groups excluding carboxylic acids is 6. The normalized spacial score (nSPS) is 18.4. The molecule has 0 aliphatic carbocycles. The number of sulfone groups is 2. The number of amides is 4. The molecule has 4 amide bonds. The van der Waals surface area contributed by atoms with Crippen LogP contribution in [-0.4, -0.2) is 257 Å². The summed E-state index contributed by atoms with van der Waals surface area (Å²) >= 11 is 0. The number of rotatable bonds is 16. The highest BCUT2D eigenvalue weighted by atomic mass is 32.2. The Morgan fingerprint density at radius 3 is 1.21 bits per heavy atom. The minimum absolute atomic E-state index is 0. The molecule has 9 aromatic rings. The fraction of sp³-hybridized carbons (Fsp3) is 0.485. The summed E-state index contributed by atoms with van der Waals surface area (Å²) < 4.78 is 227. The van der Waals surface area contributed by atoms with Crippen molar-refractivity contribution in [3.05, 3.63) is 242 Å². The van der Waals surface area contributed by atoms with Crippen LogP contribution >= 0.6 is 0 Å². The van der Waals surface area contributed by atoms with Crippen LogP contribution in [0, 0.1) is 13.8 Å². The third-order valence-corrected chi connectivity index (χ3v) is 32.5. The van der Waals surface area contributed by atoms with Crippen LogP contribution in [0.15, 0.2) is 168 Å². The monoisotopic (exact) mass is 2000 g/mol. The number of benzene rings is 5. The smallest absolute Gasteiger partial charge is 0.456 e. The van der Waals surface area contributed by atoms with Crippen molar-refractivity contribution in [1.29, 1.82) is 0 Å². The molecule has 4 spiro atoms. The molecule has 5 aromatic carbocycles. The van der Waals surface area contributed by atoms with Gasteiger partial charge in [-0.1, -0.05) is 38.1 Å². The van der Waals surface area contributed by atoms with Crippen molar-refractivity contribution in [1.82, 2.24) is 57.5 Å². The Labute approximate surface area is 807 Å². The number of aliphatic hydroxyl groups is 1. The third kappa shape index (κ3) is 20.8. The van der Waals surface area contributed by atoms with Crippen LogP contribution in [0.1, 0.15) is 214 Å². The van der Waals surface area contributed by atoms with Crippen molar-refractivity contribution in [2.24, 2.45) is 0 Å². The van der Waals surface area contributed by atoms with Crippen LogP contribution in [0.25, 0.3) is 0 Å². The second-order valence-corrected chi connectivity index (χ2v) is 42.8. The molecule has 8 aliphatic heterocycles. The van der Waals surface area contributed by atoms with Gasteiger partial charge in [0.25, 0.3) is 35.2 Å². The molecule has 39 heteroatoms. The van der Waals surface area contributed by atoms with Gasteiger partial charge in [0, 0.05) is 164 Å². The molecule has 8 aliphatic rings. The molecular weight excluding hydrogens is 1880 g/mol. The zero-order chi connectivity index (χ0) is 102. The first-order chi connectivity index (χ1) is 65.7. The van der Waals surface area contributed by atoms with Crippen LogP contribution in [0.4, 0.5) is 52.7 Å². The van der Waals surface area contributed by atoms with Crippen LogP contribution in [-0.2, 0) is 80.4 Å². The average molecular weight is 2000 g/mol.